The zero-order valence-corrected chi connectivity index (χ0v) is 11.0. The number of nitrogens with one attached hydrogen (secondary N) is 1. The Morgan fingerprint density at radius 3 is 2.83 bits per heavy atom. The fraction of sp³-hybridized carbons (Fsp3) is 0.333. The third kappa shape index (κ3) is 2.63. The van der Waals surface area contributed by atoms with Crippen LogP contribution in [0.2, 0.25) is 0 Å². The molecule has 1 fully saturated rings. The Morgan fingerprint density at radius 1 is 1.61 bits per heavy atom. The minimum Gasteiger partial charge on any atom is -0.483 e. The van der Waals surface area contributed by atoms with Gasteiger partial charge in [-0.25, -0.2) is 0 Å². The topological polar surface area (TPSA) is 82.3 Å². The van der Waals surface area contributed by atoms with Gasteiger partial charge in [0.05, 0.1) is 12.0 Å². The fourth-order valence-corrected chi connectivity index (χ4v) is 2.19. The van der Waals surface area contributed by atoms with Crippen molar-refractivity contribution in [2.24, 2.45) is 0 Å². The first-order valence-corrected chi connectivity index (χ1v) is 6.15. The van der Waals surface area contributed by atoms with Crippen LogP contribution >= 0.6 is 15.9 Å². The molecule has 0 saturated carbocycles. The van der Waals surface area contributed by atoms with Gasteiger partial charge in [0.25, 0.3) is 0 Å². The Kier molecular flexibility index (Phi) is 3.55. The molecule has 1 saturated heterocycles. The molecule has 1 aromatic rings. The van der Waals surface area contributed by atoms with Crippen molar-refractivity contribution in [3.05, 3.63) is 28.2 Å². The van der Waals surface area contributed by atoms with Crippen LogP contribution in [-0.4, -0.2) is 29.8 Å². The Bertz CT molecular complexity index is 521. The van der Waals surface area contributed by atoms with E-state index in [0.717, 1.165) is 4.47 Å². The Morgan fingerprint density at radius 2 is 2.33 bits per heavy atom. The van der Waals surface area contributed by atoms with Gasteiger partial charge in [0.2, 0.25) is 0 Å². The molecular formula is C12H11BrN2O3. The zero-order valence-electron chi connectivity index (χ0n) is 9.44. The molecule has 0 spiro atoms. The quantitative estimate of drug-likeness (QED) is 0.881. The standard InChI is InChI=1S/C12H11BrN2O3/c13-9-1-2-10(8(3-9)5-14)18-12(4-11(16)17)6-15-7-12/h1-3,15H,4,6-7H2,(H,16,17). The van der Waals surface area contributed by atoms with Gasteiger partial charge in [-0.05, 0) is 18.2 Å². The van der Waals surface area contributed by atoms with E-state index in [-0.39, 0.29) is 6.42 Å². The lowest BCUT2D eigenvalue weighted by atomic mass is 9.92. The number of carboxylic acid groups (broad SMARTS) is 1. The average molecular weight is 311 g/mol. The number of carboxylic acids is 1. The predicted octanol–water partition coefficient (Wildman–Crippen LogP) is 1.52. The molecule has 2 N–H and O–H groups in total. The smallest absolute Gasteiger partial charge is 0.307 e. The Labute approximate surface area is 112 Å². The Balaban J connectivity index is 2.23. The van der Waals surface area contributed by atoms with Crippen LogP contribution in [0.1, 0.15) is 12.0 Å². The van der Waals surface area contributed by atoms with Crippen LogP contribution in [0.5, 0.6) is 5.75 Å². The molecule has 94 valence electrons. The number of nitrogens with zero attached hydrogens (tertiary/aromatic N) is 1. The fourth-order valence-electron chi connectivity index (χ4n) is 1.82. The molecule has 6 heteroatoms. The molecule has 1 aromatic carbocycles. The average Bonchev–Trinajstić information content (AvgIpc) is 2.27. The van der Waals surface area contributed by atoms with Gasteiger partial charge in [-0.15, -0.1) is 0 Å². The molecular weight excluding hydrogens is 300 g/mol. The van der Waals surface area contributed by atoms with Gasteiger partial charge >= 0.3 is 5.97 Å². The summed E-state index contributed by atoms with van der Waals surface area (Å²) in [5.41, 5.74) is -0.355. The molecule has 0 bridgehead atoms. The van der Waals surface area contributed by atoms with E-state index in [4.69, 9.17) is 15.1 Å². The highest BCUT2D eigenvalue weighted by molar-refractivity contribution is 9.10. The summed E-state index contributed by atoms with van der Waals surface area (Å²) in [6.45, 7) is 0.945. The maximum absolute atomic E-state index is 10.8. The van der Waals surface area contributed by atoms with Crippen LogP contribution in [0.3, 0.4) is 0 Å². The van der Waals surface area contributed by atoms with Crippen LogP contribution in [-0.2, 0) is 4.79 Å². The summed E-state index contributed by atoms with van der Waals surface area (Å²) in [5, 5.41) is 20.9. The van der Waals surface area contributed by atoms with Gasteiger partial charge in [-0.3, -0.25) is 4.79 Å². The molecule has 5 nitrogen and oxygen atoms in total. The summed E-state index contributed by atoms with van der Waals surface area (Å²) in [6, 6.07) is 7.12. The van der Waals surface area contributed by atoms with E-state index in [1.165, 1.54) is 0 Å². The molecule has 0 unspecified atom stereocenters. The van der Waals surface area contributed by atoms with Gasteiger partial charge in [0.15, 0.2) is 0 Å². The Hall–Kier alpha value is -1.58. The molecule has 0 amide bonds. The molecule has 0 aromatic heterocycles. The minimum atomic E-state index is -0.910. The number of ether oxygens (including phenoxy) is 1. The molecule has 0 aliphatic carbocycles. The summed E-state index contributed by atoms with van der Waals surface area (Å²) in [5.74, 6) is -0.490. The van der Waals surface area contributed by atoms with Crippen molar-refractivity contribution in [1.82, 2.24) is 5.32 Å². The van der Waals surface area contributed by atoms with Gasteiger partial charge in [0.1, 0.15) is 17.4 Å². The molecule has 2 rings (SSSR count). The highest BCUT2D eigenvalue weighted by Gasteiger charge is 2.42. The maximum atomic E-state index is 10.8. The summed E-state index contributed by atoms with van der Waals surface area (Å²) >= 11 is 3.27. The monoisotopic (exact) mass is 310 g/mol. The van der Waals surface area contributed by atoms with E-state index in [1.54, 1.807) is 18.2 Å². The number of benzene rings is 1. The van der Waals surface area contributed by atoms with E-state index in [9.17, 15) is 4.79 Å². The second kappa shape index (κ2) is 4.96. The third-order valence-corrected chi connectivity index (χ3v) is 3.25. The van der Waals surface area contributed by atoms with Crippen LogP contribution < -0.4 is 10.1 Å². The molecule has 0 atom stereocenters. The van der Waals surface area contributed by atoms with Crippen molar-refractivity contribution in [1.29, 1.82) is 5.26 Å². The number of halogens is 1. The number of nitriles is 1. The number of aliphatic carboxylic acids is 1. The summed E-state index contributed by atoms with van der Waals surface area (Å²) in [7, 11) is 0. The summed E-state index contributed by atoms with van der Waals surface area (Å²) < 4.78 is 6.52. The van der Waals surface area contributed by atoms with E-state index in [2.05, 4.69) is 21.2 Å². The van der Waals surface area contributed by atoms with E-state index < -0.39 is 11.6 Å². The lowest BCUT2D eigenvalue weighted by Gasteiger charge is -2.41. The van der Waals surface area contributed by atoms with E-state index in [1.807, 2.05) is 6.07 Å². The molecule has 18 heavy (non-hydrogen) atoms. The highest BCUT2D eigenvalue weighted by Crippen LogP contribution is 2.29. The second-order valence-electron chi connectivity index (χ2n) is 4.21. The zero-order chi connectivity index (χ0) is 13.2. The molecule has 1 aliphatic rings. The van der Waals surface area contributed by atoms with Crippen molar-refractivity contribution >= 4 is 21.9 Å². The van der Waals surface area contributed by atoms with Gasteiger partial charge in [-0.2, -0.15) is 5.26 Å². The normalized spacial score (nSPS) is 16.4. The summed E-state index contributed by atoms with van der Waals surface area (Å²) in [4.78, 5) is 10.8. The molecule has 1 aliphatic heterocycles. The maximum Gasteiger partial charge on any atom is 0.307 e. The number of hydrogen-bond donors (Lipinski definition) is 2. The van der Waals surface area contributed by atoms with Gasteiger partial charge in [0, 0.05) is 17.6 Å². The van der Waals surface area contributed by atoms with Crippen LogP contribution in [0.25, 0.3) is 0 Å². The van der Waals surface area contributed by atoms with Crippen molar-refractivity contribution in [3.63, 3.8) is 0 Å². The lowest BCUT2D eigenvalue weighted by Crippen LogP contribution is -2.64. The minimum absolute atomic E-state index is 0.0824. The number of hydrogen-bond acceptors (Lipinski definition) is 4. The first-order chi connectivity index (χ1) is 8.54. The highest BCUT2D eigenvalue weighted by atomic mass is 79.9. The lowest BCUT2D eigenvalue weighted by molar-refractivity contribution is -0.143. The van der Waals surface area contributed by atoms with Gasteiger partial charge < -0.3 is 15.2 Å². The first kappa shape index (κ1) is 12.9. The third-order valence-electron chi connectivity index (χ3n) is 2.76. The number of rotatable bonds is 4. The largest absolute Gasteiger partial charge is 0.483 e. The van der Waals surface area contributed by atoms with Crippen LogP contribution in [0.4, 0.5) is 0 Å². The second-order valence-corrected chi connectivity index (χ2v) is 5.13. The van der Waals surface area contributed by atoms with Gasteiger partial charge in [-0.1, -0.05) is 15.9 Å². The van der Waals surface area contributed by atoms with Crippen LogP contribution in [0, 0.1) is 11.3 Å². The van der Waals surface area contributed by atoms with Crippen LogP contribution in [0.15, 0.2) is 22.7 Å². The van der Waals surface area contributed by atoms with E-state index in [0.29, 0.717) is 24.4 Å². The molecule has 0 radical (unpaired) electrons. The predicted molar refractivity (Wildman–Crippen MR) is 67.3 cm³/mol. The molecule has 1 heterocycles. The van der Waals surface area contributed by atoms with Crippen molar-refractivity contribution < 1.29 is 14.6 Å². The SMILES string of the molecule is N#Cc1cc(Br)ccc1OC1(CC(=O)O)CNC1. The van der Waals surface area contributed by atoms with E-state index >= 15 is 0 Å². The number of carbonyl (C=O) groups is 1. The summed E-state index contributed by atoms with van der Waals surface area (Å²) in [6.07, 6.45) is -0.0824. The first-order valence-electron chi connectivity index (χ1n) is 5.36. The van der Waals surface area contributed by atoms with Crippen molar-refractivity contribution in [2.75, 3.05) is 13.1 Å². The van der Waals surface area contributed by atoms with Crippen molar-refractivity contribution in [2.45, 2.75) is 12.0 Å². The van der Waals surface area contributed by atoms with Crippen molar-refractivity contribution in [3.8, 4) is 11.8 Å².